The standard InChI is InChI=1S/C25H34FN3O4S/c1-6-19(4)27-25(31)22(7-2)28(16-20-13-9-8-12-18(20)3)24(30)17-29(34(5,32)33)23-15-11-10-14-21(23)26/h8-15,19,22H,6-7,16-17H2,1-5H3,(H,27,31)/t19-,22+/m1/s1. The van der Waals surface area contributed by atoms with Gasteiger partial charge < -0.3 is 10.2 Å². The second-order valence-electron chi connectivity index (χ2n) is 8.41. The fraction of sp³-hybridized carbons (Fsp3) is 0.440. The number of carbonyl (C=O) groups is 2. The molecule has 7 nitrogen and oxygen atoms in total. The second kappa shape index (κ2) is 12.0. The van der Waals surface area contributed by atoms with Crippen molar-refractivity contribution in [1.29, 1.82) is 0 Å². The zero-order chi connectivity index (χ0) is 25.5. The molecule has 0 saturated carbocycles. The predicted octanol–water partition coefficient (Wildman–Crippen LogP) is 3.62. The molecule has 2 amide bonds. The summed E-state index contributed by atoms with van der Waals surface area (Å²) in [6, 6.07) is 12.0. The molecule has 0 fully saturated rings. The van der Waals surface area contributed by atoms with Crippen molar-refractivity contribution in [2.24, 2.45) is 0 Å². The van der Waals surface area contributed by atoms with Crippen molar-refractivity contribution in [3.05, 3.63) is 65.5 Å². The van der Waals surface area contributed by atoms with E-state index in [4.69, 9.17) is 0 Å². The lowest BCUT2D eigenvalue weighted by molar-refractivity contribution is -0.140. The van der Waals surface area contributed by atoms with E-state index in [9.17, 15) is 22.4 Å². The molecule has 0 aliphatic carbocycles. The van der Waals surface area contributed by atoms with E-state index in [1.54, 1.807) is 6.92 Å². The Balaban J connectivity index is 2.47. The summed E-state index contributed by atoms with van der Waals surface area (Å²) < 4.78 is 40.2. The van der Waals surface area contributed by atoms with Gasteiger partial charge in [0.1, 0.15) is 18.4 Å². The highest BCUT2D eigenvalue weighted by Gasteiger charge is 2.32. The molecule has 2 rings (SSSR count). The molecular formula is C25H34FN3O4S. The average Bonchev–Trinajstić information content (AvgIpc) is 2.78. The molecule has 34 heavy (non-hydrogen) atoms. The molecule has 0 unspecified atom stereocenters. The van der Waals surface area contributed by atoms with Gasteiger partial charge in [-0.3, -0.25) is 13.9 Å². The number of nitrogens with zero attached hydrogens (tertiary/aromatic N) is 2. The third-order valence-corrected chi connectivity index (χ3v) is 6.92. The van der Waals surface area contributed by atoms with Crippen molar-refractivity contribution in [2.75, 3.05) is 17.1 Å². The fourth-order valence-corrected chi connectivity index (χ4v) is 4.43. The molecule has 2 aromatic rings. The maximum atomic E-state index is 14.5. The summed E-state index contributed by atoms with van der Waals surface area (Å²) in [5, 5.41) is 2.92. The van der Waals surface area contributed by atoms with E-state index in [1.807, 2.05) is 45.0 Å². The second-order valence-corrected chi connectivity index (χ2v) is 10.3. The van der Waals surface area contributed by atoms with Crippen LogP contribution in [-0.2, 0) is 26.2 Å². The van der Waals surface area contributed by atoms with Crippen molar-refractivity contribution < 1.29 is 22.4 Å². The Bertz CT molecular complexity index is 1110. The number of halogens is 1. The van der Waals surface area contributed by atoms with Crippen LogP contribution in [0.2, 0.25) is 0 Å². The average molecular weight is 492 g/mol. The number of amides is 2. The summed E-state index contributed by atoms with van der Waals surface area (Å²) in [5.41, 5.74) is 1.56. The van der Waals surface area contributed by atoms with Crippen LogP contribution in [0.1, 0.15) is 44.7 Å². The van der Waals surface area contributed by atoms with Gasteiger partial charge in [-0.05, 0) is 49.9 Å². The number of hydrogen-bond donors (Lipinski definition) is 1. The number of aryl methyl sites for hydroxylation is 1. The summed E-state index contributed by atoms with van der Waals surface area (Å²) in [5.74, 6) is -1.66. The molecule has 2 aromatic carbocycles. The van der Waals surface area contributed by atoms with Crippen LogP contribution in [0.25, 0.3) is 0 Å². The number of sulfonamides is 1. The predicted molar refractivity (Wildman–Crippen MR) is 132 cm³/mol. The van der Waals surface area contributed by atoms with E-state index in [0.29, 0.717) is 6.42 Å². The molecule has 0 bridgehead atoms. The molecule has 9 heteroatoms. The van der Waals surface area contributed by atoms with Gasteiger partial charge in [0.15, 0.2) is 0 Å². The van der Waals surface area contributed by atoms with Crippen LogP contribution in [0.15, 0.2) is 48.5 Å². The topological polar surface area (TPSA) is 86.8 Å². The largest absolute Gasteiger partial charge is 0.352 e. The van der Waals surface area contributed by atoms with Crippen LogP contribution < -0.4 is 9.62 Å². The van der Waals surface area contributed by atoms with Crippen LogP contribution in [0, 0.1) is 12.7 Å². The first-order valence-corrected chi connectivity index (χ1v) is 13.2. The van der Waals surface area contributed by atoms with E-state index >= 15 is 0 Å². The molecular weight excluding hydrogens is 457 g/mol. The van der Waals surface area contributed by atoms with E-state index in [0.717, 1.165) is 34.2 Å². The molecule has 186 valence electrons. The van der Waals surface area contributed by atoms with Gasteiger partial charge in [-0.1, -0.05) is 50.2 Å². The lowest BCUT2D eigenvalue weighted by Gasteiger charge is -2.33. The minimum Gasteiger partial charge on any atom is -0.352 e. The van der Waals surface area contributed by atoms with Gasteiger partial charge in [-0.15, -0.1) is 0 Å². The molecule has 1 N–H and O–H groups in total. The third kappa shape index (κ3) is 7.03. The van der Waals surface area contributed by atoms with Crippen LogP contribution in [0.3, 0.4) is 0 Å². The van der Waals surface area contributed by atoms with Crippen molar-refractivity contribution in [2.45, 2.75) is 59.2 Å². The Morgan fingerprint density at radius 2 is 1.65 bits per heavy atom. The summed E-state index contributed by atoms with van der Waals surface area (Å²) in [4.78, 5) is 28.0. The molecule has 0 saturated heterocycles. The van der Waals surface area contributed by atoms with Crippen LogP contribution >= 0.6 is 0 Å². The first-order valence-electron chi connectivity index (χ1n) is 11.4. The number of nitrogens with one attached hydrogen (secondary N) is 1. The normalized spacial score (nSPS) is 13.1. The summed E-state index contributed by atoms with van der Waals surface area (Å²) in [6.07, 6.45) is 1.98. The van der Waals surface area contributed by atoms with Gasteiger partial charge >= 0.3 is 0 Å². The highest BCUT2D eigenvalue weighted by atomic mass is 32.2. The van der Waals surface area contributed by atoms with E-state index in [2.05, 4.69) is 5.32 Å². The molecule has 0 aromatic heterocycles. The van der Waals surface area contributed by atoms with Gasteiger partial charge in [0, 0.05) is 12.6 Å². The molecule has 0 aliphatic heterocycles. The first-order chi connectivity index (χ1) is 16.0. The van der Waals surface area contributed by atoms with Gasteiger partial charge in [0.25, 0.3) is 0 Å². The maximum Gasteiger partial charge on any atom is 0.244 e. The zero-order valence-electron chi connectivity index (χ0n) is 20.4. The minimum atomic E-state index is -3.98. The Hall–Kier alpha value is -2.94. The number of anilines is 1. The minimum absolute atomic E-state index is 0.0807. The molecule has 0 aliphatic rings. The van der Waals surface area contributed by atoms with Crippen LogP contribution in [0.4, 0.5) is 10.1 Å². The van der Waals surface area contributed by atoms with Crippen LogP contribution in [0.5, 0.6) is 0 Å². The van der Waals surface area contributed by atoms with Crippen molar-refractivity contribution in [3.63, 3.8) is 0 Å². The lowest BCUT2D eigenvalue weighted by atomic mass is 10.1. The van der Waals surface area contributed by atoms with Gasteiger partial charge in [0.05, 0.1) is 11.9 Å². The SMILES string of the molecule is CC[C@@H](C)NC(=O)[C@H](CC)N(Cc1ccccc1C)C(=O)CN(c1ccccc1F)S(C)(=O)=O. The van der Waals surface area contributed by atoms with Crippen molar-refractivity contribution in [3.8, 4) is 0 Å². The van der Waals surface area contributed by atoms with Crippen molar-refractivity contribution in [1.82, 2.24) is 10.2 Å². The molecule has 0 spiro atoms. The number of hydrogen-bond acceptors (Lipinski definition) is 4. The zero-order valence-corrected chi connectivity index (χ0v) is 21.2. The molecule has 0 radical (unpaired) electrons. The number of para-hydroxylation sites is 1. The summed E-state index contributed by atoms with van der Waals surface area (Å²) in [7, 11) is -3.98. The first kappa shape index (κ1) is 27.3. The highest BCUT2D eigenvalue weighted by Crippen LogP contribution is 2.23. The maximum absolute atomic E-state index is 14.5. The van der Waals surface area contributed by atoms with Gasteiger partial charge in [-0.25, -0.2) is 12.8 Å². The molecule has 2 atom stereocenters. The smallest absolute Gasteiger partial charge is 0.244 e. The lowest BCUT2D eigenvalue weighted by Crippen LogP contribution is -2.53. The Kier molecular flexibility index (Phi) is 9.61. The number of rotatable bonds is 11. The monoisotopic (exact) mass is 491 g/mol. The summed E-state index contributed by atoms with van der Waals surface area (Å²) >= 11 is 0. The van der Waals surface area contributed by atoms with E-state index in [1.165, 1.54) is 23.1 Å². The number of benzene rings is 2. The highest BCUT2D eigenvalue weighted by molar-refractivity contribution is 7.92. The Labute approximate surface area is 202 Å². The molecule has 0 heterocycles. The Morgan fingerprint density at radius 1 is 1.03 bits per heavy atom. The van der Waals surface area contributed by atoms with Crippen LogP contribution in [-0.4, -0.2) is 50.0 Å². The third-order valence-electron chi connectivity index (χ3n) is 5.79. The fourth-order valence-electron chi connectivity index (χ4n) is 3.58. The quantitative estimate of drug-likeness (QED) is 0.520. The Morgan fingerprint density at radius 3 is 2.21 bits per heavy atom. The van der Waals surface area contributed by atoms with Gasteiger partial charge in [-0.2, -0.15) is 0 Å². The van der Waals surface area contributed by atoms with Crippen molar-refractivity contribution >= 4 is 27.5 Å². The number of carbonyl (C=O) groups excluding carboxylic acids is 2. The van der Waals surface area contributed by atoms with Gasteiger partial charge in [0.2, 0.25) is 21.8 Å². The van der Waals surface area contributed by atoms with E-state index in [-0.39, 0.29) is 24.2 Å². The summed E-state index contributed by atoms with van der Waals surface area (Å²) in [6.45, 7) is 7.01. The van der Waals surface area contributed by atoms with E-state index < -0.39 is 34.3 Å².